The Morgan fingerprint density at radius 3 is 2.77 bits per heavy atom. The van der Waals surface area contributed by atoms with E-state index in [-0.39, 0.29) is 5.60 Å². The fourth-order valence-corrected chi connectivity index (χ4v) is 5.78. The highest BCUT2D eigenvalue weighted by atomic mass is 127. The number of halogens is 1. The molecule has 2 nitrogen and oxygen atoms in total. The van der Waals surface area contributed by atoms with E-state index in [1.807, 2.05) is 0 Å². The number of rotatable bonds is 5. The number of ether oxygens (including phenoxy) is 2. The van der Waals surface area contributed by atoms with Crippen molar-refractivity contribution < 1.29 is 9.47 Å². The molecule has 3 rings (SSSR count). The first kappa shape index (κ1) is 17.5. The highest BCUT2D eigenvalue weighted by Gasteiger charge is 2.52. The first-order valence-electron chi connectivity index (χ1n) is 9.59. The normalized spacial score (nSPS) is 45.1. The summed E-state index contributed by atoms with van der Waals surface area (Å²) in [6, 6.07) is 0. The maximum Gasteiger partial charge on any atom is 0.0923 e. The molecule has 22 heavy (non-hydrogen) atoms. The second-order valence-electron chi connectivity index (χ2n) is 7.98. The molecular weight excluding hydrogens is 387 g/mol. The average molecular weight is 420 g/mol. The summed E-state index contributed by atoms with van der Waals surface area (Å²) in [4.78, 5) is 0. The Kier molecular flexibility index (Phi) is 6.11. The molecule has 0 bridgehead atoms. The minimum Gasteiger partial charge on any atom is -0.372 e. The number of hydrogen-bond donors (Lipinski definition) is 0. The van der Waals surface area contributed by atoms with E-state index in [2.05, 4.69) is 36.4 Å². The summed E-state index contributed by atoms with van der Waals surface area (Å²) in [5, 5.41) is 0. The maximum atomic E-state index is 6.69. The minimum atomic E-state index is -0.0183. The number of fused-ring (bicyclic) bond motifs is 2. The summed E-state index contributed by atoms with van der Waals surface area (Å²) in [7, 11) is 0. The molecule has 0 amide bonds. The van der Waals surface area contributed by atoms with Crippen LogP contribution < -0.4 is 0 Å². The maximum absolute atomic E-state index is 6.69. The second-order valence-corrected chi connectivity index (χ2v) is 9.58. The minimum absolute atomic E-state index is 0.0183. The van der Waals surface area contributed by atoms with Crippen molar-refractivity contribution in [3.8, 4) is 0 Å². The summed E-state index contributed by atoms with van der Waals surface area (Å²) < 4.78 is 13.8. The van der Waals surface area contributed by atoms with E-state index in [9.17, 15) is 0 Å². The standard InChI is InChI=1S/C19H33IO2/c1-3-4-5-6-11-17-15(20)12-18-19(2,22-17)13-14-9-7-8-10-16(14)21-18/h14-18H,3-13H2,1-2H3/t14-,15+,16+,17-,18-,19+/m1/s1. The van der Waals surface area contributed by atoms with Crippen molar-refractivity contribution in [1.29, 1.82) is 0 Å². The Bertz CT molecular complexity index is 361. The number of alkyl halides is 1. The molecule has 0 aromatic rings. The van der Waals surface area contributed by atoms with Gasteiger partial charge in [0.15, 0.2) is 0 Å². The van der Waals surface area contributed by atoms with Crippen LogP contribution in [0.1, 0.15) is 84.5 Å². The van der Waals surface area contributed by atoms with Gasteiger partial charge in [-0.3, -0.25) is 0 Å². The van der Waals surface area contributed by atoms with Crippen molar-refractivity contribution in [3.63, 3.8) is 0 Å². The Hall–Kier alpha value is 0.650. The van der Waals surface area contributed by atoms with Gasteiger partial charge < -0.3 is 9.47 Å². The number of unbranched alkanes of at least 4 members (excludes halogenated alkanes) is 3. The van der Waals surface area contributed by atoms with E-state index in [0.717, 1.165) is 5.92 Å². The third-order valence-corrected chi connectivity index (χ3v) is 7.44. The topological polar surface area (TPSA) is 18.5 Å². The van der Waals surface area contributed by atoms with Crippen LogP contribution in [0.2, 0.25) is 0 Å². The summed E-state index contributed by atoms with van der Waals surface area (Å²) in [6.07, 6.45) is 15.7. The van der Waals surface area contributed by atoms with Gasteiger partial charge in [-0.05, 0) is 44.9 Å². The molecule has 2 saturated heterocycles. The van der Waals surface area contributed by atoms with Gasteiger partial charge in [-0.25, -0.2) is 0 Å². The molecule has 6 atom stereocenters. The van der Waals surface area contributed by atoms with Crippen LogP contribution in [0.15, 0.2) is 0 Å². The first-order valence-corrected chi connectivity index (χ1v) is 10.8. The van der Waals surface area contributed by atoms with E-state index in [4.69, 9.17) is 9.47 Å². The Morgan fingerprint density at radius 2 is 1.95 bits per heavy atom. The van der Waals surface area contributed by atoms with Gasteiger partial charge >= 0.3 is 0 Å². The fourth-order valence-electron chi connectivity index (χ4n) is 4.81. The molecule has 1 aliphatic carbocycles. The summed E-state index contributed by atoms with van der Waals surface area (Å²) in [6.45, 7) is 4.62. The van der Waals surface area contributed by atoms with Crippen molar-refractivity contribution in [2.24, 2.45) is 5.92 Å². The zero-order chi connectivity index (χ0) is 15.6. The summed E-state index contributed by atoms with van der Waals surface area (Å²) in [5.74, 6) is 0.751. The van der Waals surface area contributed by atoms with Gasteiger partial charge in [0, 0.05) is 3.92 Å². The lowest BCUT2D eigenvalue weighted by Gasteiger charge is -2.54. The molecule has 0 spiro atoms. The third kappa shape index (κ3) is 3.83. The predicted molar refractivity (Wildman–Crippen MR) is 99.7 cm³/mol. The van der Waals surface area contributed by atoms with Gasteiger partial charge in [0.25, 0.3) is 0 Å². The van der Waals surface area contributed by atoms with Crippen LogP contribution in [-0.4, -0.2) is 27.8 Å². The second kappa shape index (κ2) is 7.69. The quantitative estimate of drug-likeness (QED) is 0.325. The van der Waals surface area contributed by atoms with E-state index in [1.54, 1.807) is 0 Å². The smallest absolute Gasteiger partial charge is 0.0923 e. The molecule has 0 aromatic carbocycles. The highest BCUT2D eigenvalue weighted by Crippen LogP contribution is 2.48. The van der Waals surface area contributed by atoms with Gasteiger partial charge in [-0.1, -0.05) is 68.0 Å². The molecule has 0 unspecified atom stereocenters. The molecule has 3 aliphatic rings. The fraction of sp³-hybridized carbons (Fsp3) is 1.00. The van der Waals surface area contributed by atoms with Gasteiger partial charge in [-0.2, -0.15) is 0 Å². The molecule has 0 radical (unpaired) electrons. The lowest BCUT2D eigenvalue weighted by molar-refractivity contribution is -0.256. The van der Waals surface area contributed by atoms with E-state index in [0.29, 0.717) is 22.2 Å². The highest BCUT2D eigenvalue weighted by molar-refractivity contribution is 14.1. The summed E-state index contributed by atoms with van der Waals surface area (Å²) >= 11 is 2.62. The van der Waals surface area contributed by atoms with Gasteiger partial charge in [0.1, 0.15) is 0 Å². The molecule has 0 N–H and O–H groups in total. The van der Waals surface area contributed by atoms with E-state index in [1.165, 1.54) is 70.6 Å². The SMILES string of the molecule is CCCCCC[C@H]1O[C@@]2(C)C[C@H]3CCCC[C@@H]3O[C@@H]2C[C@@H]1I. The molecule has 2 heterocycles. The molecule has 3 heteroatoms. The van der Waals surface area contributed by atoms with Gasteiger partial charge in [0.05, 0.1) is 23.9 Å². The van der Waals surface area contributed by atoms with Crippen molar-refractivity contribution in [3.05, 3.63) is 0 Å². The van der Waals surface area contributed by atoms with Crippen LogP contribution >= 0.6 is 22.6 Å². The van der Waals surface area contributed by atoms with Crippen molar-refractivity contribution in [2.45, 2.75) is 112 Å². The van der Waals surface area contributed by atoms with Crippen LogP contribution in [-0.2, 0) is 9.47 Å². The van der Waals surface area contributed by atoms with Crippen LogP contribution in [0, 0.1) is 5.92 Å². The largest absolute Gasteiger partial charge is 0.372 e. The molecule has 0 aromatic heterocycles. The van der Waals surface area contributed by atoms with E-state index >= 15 is 0 Å². The predicted octanol–water partition coefficient (Wildman–Crippen LogP) is 5.66. The zero-order valence-corrected chi connectivity index (χ0v) is 16.5. The third-order valence-electron chi connectivity index (χ3n) is 6.13. The van der Waals surface area contributed by atoms with Crippen molar-refractivity contribution >= 4 is 22.6 Å². The van der Waals surface area contributed by atoms with Crippen LogP contribution in [0.25, 0.3) is 0 Å². The molecule has 1 saturated carbocycles. The molecule has 2 aliphatic heterocycles. The summed E-state index contributed by atoms with van der Waals surface area (Å²) in [5.41, 5.74) is -0.0183. The van der Waals surface area contributed by atoms with Crippen LogP contribution in [0.4, 0.5) is 0 Å². The van der Waals surface area contributed by atoms with Crippen LogP contribution in [0.5, 0.6) is 0 Å². The molecule has 3 fully saturated rings. The van der Waals surface area contributed by atoms with Gasteiger partial charge in [-0.15, -0.1) is 0 Å². The number of hydrogen-bond acceptors (Lipinski definition) is 2. The average Bonchev–Trinajstić information content (AvgIpc) is 2.50. The van der Waals surface area contributed by atoms with Crippen molar-refractivity contribution in [1.82, 2.24) is 0 Å². The molecule has 128 valence electrons. The van der Waals surface area contributed by atoms with Crippen molar-refractivity contribution in [2.75, 3.05) is 0 Å². The first-order chi connectivity index (χ1) is 10.6. The Balaban J connectivity index is 1.59. The Labute approximate surface area is 150 Å². The van der Waals surface area contributed by atoms with Crippen LogP contribution in [0.3, 0.4) is 0 Å². The zero-order valence-electron chi connectivity index (χ0n) is 14.4. The van der Waals surface area contributed by atoms with Gasteiger partial charge in [0.2, 0.25) is 0 Å². The molecular formula is C19H33IO2. The lowest BCUT2D eigenvalue weighted by atomic mass is 9.72. The Morgan fingerprint density at radius 1 is 1.14 bits per heavy atom. The monoisotopic (exact) mass is 420 g/mol. The van der Waals surface area contributed by atoms with E-state index < -0.39 is 0 Å². The lowest BCUT2D eigenvalue weighted by Crippen LogP contribution is -2.60.